The van der Waals surface area contributed by atoms with Gasteiger partial charge in [0, 0.05) is 19.3 Å². The van der Waals surface area contributed by atoms with Gasteiger partial charge >= 0.3 is 5.97 Å². The topological polar surface area (TPSA) is 79.7 Å². The van der Waals surface area contributed by atoms with Gasteiger partial charge in [0.25, 0.3) is 5.91 Å². The molecule has 1 amide bonds. The molecule has 6 heteroatoms. The minimum Gasteiger partial charge on any atom is -0.481 e. The molecule has 1 aromatic rings. The normalized spacial score (nSPS) is 22.4. The highest BCUT2D eigenvalue weighted by atomic mass is 16.5. The number of aliphatic carboxylic acids is 1. The number of nitrogens with zero attached hydrogens (tertiary/aromatic N) is 2. The molecule has 2 heterocycles. The van der Waals surface area contributed by atoms with E-state index in [0.717, 1.165) is 0 Å². The molecule has 0 saturated carbocycles. The number of piperidine rings is 1. The molecule has 108 valence electrons. The Labute approximate surface area is 117 Å². The smallest absolute Gasteiger partial charge is 0.311 e. The van der Waals surface area contributed by atoms with E-state index in [0.29, 0.717) is 24.9 Å². The summed E-state index contributed by atoms with van der Waals surface area (Å²) in [7, 11) is 1.46. The molecular formula is C14H18N2O4. The van der Waals surface area contributed by atoms with Crippen LogP contribution in [0.3, 0.4) is 0 Å². The van der Waals surface area contributed by atoms with Crippen LogP contribution in [0.15, 0.2) is 18.3 Å². The quantitative estimate of drug-likeness (QED) is 0.904. The number of amides is 1. The molecule has 1 N–H and O–H groups in total. The molecule has 1 saturated heterocycles. The second-order valence-electron chi connectivity index (χ2n) is 5.26. The first-order chi connectivity index (χ1) is 9.48. The fourth-order valence-electron chi connectivity index (χ4n) is 2.47. The summed E-state index contributed by atoms with van der Waals surface area (Å²) in [5.74, 6) is -0.838. The first-order valence-corrected chi connectivity index (χ1v) is 6.49. The van der Waals surface area contributed by atoms with E-state index in [2.05, 4.69) is 4.98 Å². The zero-order valence-corrected chi connectivity index (χ0v) is 11.6. The van der Waals surface area contributed by atoms with Crippen molar-refractivity contribution < 1.29 is 19.4 Å². The lowest BCUT2D eigenvalue weighted by Gasteiger charge is -2.37. The lowest BCUT2D eigenvalue weighted by Crippen LogP contribution is -2.48. The van der Waals surface area contributed by atoms with Gasteiger partial charge in [-0.1, -0.05) is 0 Å². The maximum Gasteiger partial charge on any atom is 0.311 e. The molecule has 6 nitrogen and oxygen atoms in total. The number of rotatable bonds is 3. The Morgan fingerprint density at radius 2 is 2.25 bits per heavy atom. The lowest BCUT2D eigenvalue weighted by atomic mass is 9.82. The van der Waals surface area contributed by atoms with Crippen LogP contribution in [0.2, 0.25) is 0 Å². The van der Waals surface area contributed by atoms with Crippen LogP contribution < -0.4 is 4.74 Å². The first-order valence-electron chi connectivity index (χ1n) is 6.49. The third-order valence-corrected chi connectivity index (χ3v) is 3.69. The summed E-state index contributed by atoms with van der Waals surface area (Å²) in [4.78, 5) is 29.4. The van der Waals surface area contributed by atoms with Gasteiger partial charge in [0.2, 0.25) is 5.88 Å². The molecule has 0 radical (unpaired) electrons. The summed E-state index contributed by atoms with van der Waals surface area (Å²) in [5, 5.41) is 9.29. The predicted molar refractivity (Wildman–Crippen MR) is 71.7 cm³/mol. The third-order valence-electron chi connectivity index (χ3n) is 3.69. The number of methoxy groups -OCH3 is 1. The van der Waals surface area contributed by atoms with Crippen LogP contribution in [-0.2, 0) is 4.79 Å². The lowest BCUT2D eigenvalue weighted by molar-refractivity contribution is -0.150. The summed E-state index contributed by atoms with van der Waals surface area (Å²) < 4.78 is 5.08. The fraction of sp³-hybridized carbons (Fsp3) is 0.500. The Bertz CT molecular complexity index is 532. The van der Waals surface area contributed by atoms with Crippen molar-refractivity contribution >= 4 is 11.9 Å². The third kappa shape index (κ3) is 2.59. The Balaban J connectivity index is 2.23. The molecule has 1 aromatic heterocycles. The minimum absolute atomic E-state index is 0.208. The summed E-state index contributed by atoms with van der Waals surface area (Å²) in [6, 6.07) is 3.30. The average Bonchev–Trinajstić information content (AvgIpc) is 2.46. The molecule has 1 atom stereocenters. The van der Waals surface area contributed by atoms with E-state index < -0.39 is 11.4 Å². The van der Waals surface area contributed by atoms with Gasteiger partial charge in [0.15, 0.2) is 0 Å². The van der Waals surface area contributed by atoms with E-state index in [-0.39, 0.29) is 18.3 Å². The zero-order chi connectivity index (χ0) is 14.8. The molecule has 0 aliphatic carbocycles. The number of hydrogen-bond acceptors (Lipinski definition) is 4. The molecule has 1 fully saturated rings. The number of ether oxygens (including phenoxy) is 1. The molecular weight excluding hydrogens is 260 g/mol. The fourth-order valence-corrected chi connectivity index (χ4v) is 2.47. The van der Waals surface area contributed by atoms with E-state index in [9.17, 15) is 14.7 Å². The molecule has 0 spiro atoms. The van der Waals surface area contributed by atoms with Crippen LogP contribution in [0.5, 0.6) is 5.88 Å². The van der Waals surface area contributed by atoms with Crippen LogP contribution >= 0.6 is 0 Å². The second kappa shape index (κ2) is 5.48. The SMILES string of the molecule is COc1ncccc1C(=O)N1CCCC(C)(C(=O)O)C1. The molecule has 1 aliphatic heterocycles. The summed E-state index contributed by atoms with van der Waals surface area (Å²) in [5.41, 5.74) is -0.520. The van der Waals surface area contributed by atoms with Crippen LogP contribution in [0.4, 0.5) is 0 Å². The summed E-state index contributed by atoms with van der Waals surface area (Å²) in [6.45, 7) is 2.44. The van der Waals surface area contributed by atoms with Gasteiger partial charge in [-0.15, -0.1) is 0 Å². The van der Waals surface area contributed by atoms with Crippen molar-refractivity contribution in [3.05, 3.63) is 23.9 Å². The van der Waals surface area contributed by atoms with Crippen LogP contribution in [0.1, 0.15) is 30.1 Å². The largest absolute Gasteiger partial charge is 0.481 e. The predicted octanol–water partition coefficient (Wildman–Crippen LogP) is 1.42. The summed E-state index contributed by atoms with van der Waals surface area (Å²) in [6.07, 6.45) is 2.81. The molecule has 1 unspecified atom stereocenters. The highest BCUT2D eigenvalue weighted by Gasteiger charge is 2.39. The van der Waals surface area contributed by atoms with Crippen molar-refractivity contribution in [2.75, 3.05) is 20.2 Å². The standard InChI is InChI=1S/C14H18N2O4/c1-14(13(18)19)6-4-8-16(9-14)12(17)10-5-3-7-15-11(10)20-2/h3,5,7H,4,6,8-9H2,1-2H3,(H,18,19). The maximum atomic E-state index is 12.5. The number of pyridine rings is 1. The van der Waals surface area contributed by atoms with Gasteiger partial charge in [-0.05, 0) is 31.9 Å². The molecule has 2 rings (SSSR count). The Morgan fingerprint density at radius 3 is 2.90 bits per heavy atom. The molecule has 1 aliphatic rings. The Morgan fingerprint density at radius 1 is 1.50 bits per heavy atom. The number of hydrogen-bond donors (Lipinski definition) is 1. The van der Waals surface area contributed by atoms with Crippen molar-refractivity contribution in [1.29, 1.82) is 0 Å². The Kier molecular flexibility index (Phi) is 3.92. The minimum atomic E-state index is -0.886. The van der Waals surface area contributed by atoms with Crippen LogP contribution in [0.25, 0.3) is 0 Å². The van der Waals surface area contributed by atoms with Crippen molar-refractivity contribution in [1.82, 2.24) is 9.88 Å². The molecule has 20 heavy (non-hydrogen) atoms. The Hall–Kier alpha value is -2.11. The average molecular weight is 278 g/mol. The molecule has 0 aromatic carbocycles. The number of likely N-dealkylation sites (tertiary alicyclic amines) is 1. The van der Waals surface area contributed by atoms with Crippen molar-refractivity contribution in [3.8, 4) is 5.88 Å². The van der Waals surface area contributed by atoms with Crippen molar-refractivity contribution in [2.24, 2.45) is 5.41 Å². The maximum absolute atomic E-state index is 12.5. The van der Waals surface area contributed by atoms with Gasteiger partial charge < -0.3 is 14.7 Å². The monoisotopic (exact) mass is 278 g/mol. The van der Waals surface area contributed by atoms with Gasteiger partial charge in [0.05, 0.1) is 12.5 Å². The number of aromatic nitrogens is 1. The van der Waals surface area contributed by atoms with Crippen LogP contribution in [-0.4, -0.2) is 47.1 Å². The van der Waals surface area contributed by atoms with Gasteiger partial charge in [-0.2, -0.15) is 0 Å². The van der Waals surface area contributed by atoms with Gasteiger partial charge in [-0.3, -0.25) is 9.59 Å². The van der Waals surface area contributed by atoms with Gasteiger partial charge in [0.1, 0.15) is 5.56 Å². The van der Waals surface area contributed by atoms with Crippen molar-refractivity contribution in [2.45, 2.75) is 19.8 Å². The van der Waals surface area contributed by atoms with E-state index in [1.165, 1.54) is 7.11 Å². The number of carboxylic acids is 1. The van der Waals surface area contributed by atoms with E-state index in [1.807, 2.05) is 0 Å². The second-order valence-corrected chi connectivity index (χ2v) is 5.26. The van der Waals surface area contributed by atoms with E-state index in [1.54, 1.807) is 30.2 Å². The zero-order valence-electron chi connectivity index (χ0n) is 11.6. The highest BCUT2D eigenvalue weighted by molar-refractivity contribution is 5.96. The highest BCUT2D eigenvalue weighted by Crippen LogP contribution is 2.31. The first kappa shape index (κ1) is 14.3. The van der Waals surface area contributed by atoms with E-state index in [4.69, 9.17) is 4.74 Å². The van der Waals surface area contributed by atoms with Crippen molar-refractivity contribution in [3.63, 3.8) is 0 Å². The number of carbonyl (C=O) groups is 2. The number of carboxylic acid groups (broad SMARTS) is 1. The van der Waals surface area contributed by atoms with E-state index >= 15 is 0 Å². The van der Waals surface area contributed by atoms with Gasteiger partial charge in [-0.25, -0.2) is 4.98 Å². The molecule has 0 bridgehead atoms. The van der Waals surface area contributed by atoms with Crippen LogP contribution in [0, 0.1) is 5.41 Å². The number of carbonyl (C=O) groups excluding carboxylic acids is 1. The summed E-state index contributed by atoms with van der Waals surface area (Å²) >= 11 is 0.